The van der Waals surface area contributed by atoms with Crippen LogP contribution in [-0.2, 0) is 0 Å². The Balaban J connectivity index is 1.71. The number of nitrogens with one attached hydrogen (secondary N) is 2. The topological polar surface area (TPSA) is 62.7 Å². The predicted molar refractivity (Wildman–Crippen MR) is 96.6 cm³/mol. The summed E-state index contributed by atoms with van der Waals surface area (Å²) in [5.41, 5.74) is 2.57. The molecule has 2 heterocycles. The molecule has 0 unspecified atom stereocenters. The molecule has 0 radical (unpaired) electrons. The highest BCUT2D eigenvalue weighted by atomic mass is 35.5. The summed E-state index contributed by atoms with van der Waals surface area (Å²) in [6.45, 7) is 0. The van der Waals surface area contributed by atoms with Gasteiger partial charge in [-0.15, -0.1) is 0 Å². The minimum atomic E-state index is 0.474. The van der Waals surface area contributed by atoms with Gasteiger partial charge in [-0.05, 0) is 37.1 Å². The number of hydrogen-bond donors (Lipinski definition) is 2. The van der Waals surface area contributed by atoms with Gasteiger partial charge in [0.1, 0.15) is 5.82 Å². The number of rotatable bonds is 5. The third-order valence-corrected chi connectivity index (χ3v) is 4.06. The third-order valence-electron chi connectivity index (χ3n) is 3.73. The fourth-order valence-electron chi connectivity index (χ4n) is 2.35. The van der Waals surface area contributed by atoms with Crippen molar-refractivity contribution in [2.24, 2.45) is 0 Å². The Morgan fingerprint density at radius 3 is 2.67 bits per heavy atom. The second kappa shape index (κ2) is 6.45. The van der Waals surface area contributed by atoms with E-state index in [2.05, 4.69) is 25.6 Å². The van der Waals surface area contributed by atoms with Crippen molar-refractivity contribution in [3.05, 3.63) is 59.9 Å². The quantitative estimate of drug-likeness (QED) is 0.717. The van der Waals surface area contributed by atoms with Gasteiger partial charge in [-0.25, -0.2) is 4.98 Å². The smallest absolute Gasteiger partial charge is 0.225 e. The maximum atomic E-state index is 6.23. The van der Waals surface area contributed by atoms with Crippen LogP contribution in [0.25, 0.3) is 11.3 Å². The lowest BCUT2D eigenvalue weighted by molar-refractivity contribution is 1.06. The van der Waals surface area contributed by atoms with Gasteiger partial charge in [0.15, 0.2) is 0 Å². The van der Waals surface area contributed by atoms with E-state index < -0.39 is 0 Å². The van der Waals surface area contributed by atoms with Crippen LogP contribution in [0.4, 0.5) is 17.5 Å². The van der Waals surface area contributed by atoms with Crippen LogP contribution in [0.15, 0.2) is 54.9 Å². The summed E-state index contributed by atoms with van der Waals surface area (Å²) in [5.74, 6) is 1.31. The van der Waals surface area contributed by atoms with Crippen LogP contribution in [0.3, 0.4) is 0 Å². The zero-order chi connectivity index (χ0) is 16.4. The summed E-state index contributed by atoms with van der Waals surface area (Å²) < 4.78 is 0. The van der Waals surface area contributed by atoms with E-state index in [-0.39, 0.29) is 0 Å². The van der Waals surface area contributed by atoms with Crippen molar-refractivity contribution in [3.8, 4) is 11.3 Å². The molecule has 0 spiro atoms. The average Bonchev–Trinajstić information content (AvgIpc) is 3.42. The third kappa shape index (κ3) is 3.46. The molecule has 1 aliphatic carbocycles. The highest BCUT2D eigenvalue weighted by Gasteiger charge is 2.22. The van der Waals surface area contributed by atoms with Crippen LogP contribution >= 0.6 is 11.6 Å². The lowest BCUT2D eigenvalue weighted by atomic mass is 10.2. The highest BCUT2D eigenvalue weighted by molar-refractivity contribution is 6.33. The second-order valence-electron chi connectivity index (χ2n) is 5.73. The van der Waals surface area contributed by atoms with E-state index in [0.717, 1.165) is 29.8 Å². The van der Waals surface area contributed by atoms with Crippen molar-refractivity contribution in [1.29, 1.82) is 0 Å². The number of nitrogens with zero attached hydrogens (tertiary/aromatic N) is 3. The molecule has 0 saturated heterocycles. The molecule has 1 aliphatic rings. The zero-order valence-corrected chi connectivity index (χ0v) is 13.7. The van der Waals surface area contributed by atoms with Gasteiger partial charge in [-0.1, -0.05) is 23.7 Å². The number of para-hydroxylation sites is 1. The van der Waals surface area contributed by atoms with Gasteiger partial charge in [0.25, 0.3) is 0 Å². The van der Waals surface area contributed by atoms with E-state index in [9.17, 15) is 0 Å². The summed E-state index contributed by atoms with van der Waals surface area (Å²) in [6, 6.07) is 13.8. The molecule has 4 rings (SSSR count). The molecule has 0 atom stereocenters. The maximum Gasteiger partial charge on any atom is 0.225 e. The summed E-state index contributed by atoms with van der Waals surface area (Å²) >= 11 is 6.23. The lowest BCUT2D eigenvalue weighted by Crippen LogP contribution is -2.07. The number of aromatic nitrogens is 3. The average molecular weight is 338 g/mol. The van der Waals surface area contributed by atoms with Crippen LogP contribution in [0.1, 0.15) is 12.8 Å². The summed E-state index contributed by atoms with van der Waals surface area (Å²) in [6.07, 6.45) is 5.86. The second-order valence-corrected chi connectivity index (χ2v) is 6.13. The van der Waals surface area contributed by atoms with Gasteiger partial charge in [0.2, 0.25) is 5.95 Å². The van der Waals surface area contributed by atoms with E-state index in [1.807, 2.05) is 42.5 Å². The molecule has 120 valence electrons. The van der Waals surface area contributed by atoms with Gasteiger partial charge in [0.05, 0.1) is 16.4 Å². The molecule has 5 nitrogen and oxygen atoms in total. The minimum absolute atomic E-state index is 0.474. The van der Waals surface area contributed by atoms with E-state index in [1.54, 1.807) is 12.4 Å². The van der Waals surface area contributed by atoms with Gasteiger partial charge in [-0.2, -0.15) is 4.98 Å². The Morgan fingerprint density at radius 1 is 1.04 bits per heavy atom. The first-order chi connectivity index (χ1) is 11.8. The van der Waals surface area contributed by atoms with Crippen molar-refractivity contribution in [2.45, 2.75) is 18.9 Å². The standard InChI is InChI=1S/C18H16ClN5/c19-14-5-1-2-6-15(14)22-17-10-16(12-4-3-9-20-11-12)23-18(24-17)21-13-7-8-13/h1-6,9-11,13H,7-8H2,(H2,21,22,23,24). The molecule has 6 heteroatoms. The summed E-state index contributed by atoms with van der Waals surface area (Å²) in [7, 11) is 0. The molecule has 0 aliphatic heterocycles. The molecular formula is C18H16ClN5. The number of anilines is 3. The molecule has 24 heavy (non-hydrogen) atoms. The fourth-order valence-corrected chi connectivity index (χ4v) is 2.53. The van der Waals surface area contributed by atoms with Gasteiger partial charge >= 0.3 is 0 Å². The first-order valence-electron chi connectivity index (χ1n) is 7.85. The Morgan fingerprint density at radius 2 is 1.92 bits per heavy atom. The van der Waals surface area contributed by atoms with Crippen molar-refractivity contribution < 1.29 is 0 Å². The first kappa shape index (κ1) is 14.9. The Kier molecular flexibility index (Phi) is 4.01. The van der Waals surface area contributed by atoms with Crippen LogP contribution in [0.2, 0.25) is 5.02 Å². The van der Waals surface area contributed by atoms with E-state index in [0.29, 0.717) is 22.8 Å². The molecule has 1 aromatic carbocycles. The minimum Gasteiger partial charge on any atom is -0.351 e. The van der Waals surface area contributed by atoms with E-state index >= 15 is 0 Å². The van der Waals surface area contributed by atoms with Crippen molar-refractivity contribution >= 4 is 29.1 Å². The normalized spacial score (nSPS) is 13.5. The number of hydrogen-bond acceptors (Lipinski definition) is 5. The Labute approximate surface area is 145 Å². The molecule has 1 fully saturated rings. The molecule has 1 saturated carbocycles. The molecule has 0 bridgehead atoms. The Hall–Kier alpha value is -2.66. The van der Waals surface area contributed by atoms with E-state index in [1.165, 1.54) is 0 Å². The van der Waals surface area contributed by atoms with Crippen molar-refractivity contribution in [3.63, 3.8) is 0 Å². The van der Waals surface area contributed by atoms with E-state index in [4.69, 9.17) is 11.6 Å². The maximum absolute atomic E-state index is 6.23. The molecule has 2 N–H and O–H groups in total. The molecular weight excluding hydrogens is 322 g/mol. The van der Waals surface area contributed by atoms with Gasteiger partial charge in [0, 0.05) is 30.1 Å². The van der Waals surface area contributed by atoms with Crippen molar-refractivity contribution in [1.82, 2.24) is 15.0 Å². The zero-order valence-electron chi connectivity index (χ0n) is 12.9. The predicted octanol–water partition coefficient (Wildman–Crippen LogP) is 4.51. The van der Waals surface area contributed by atoms with Crippen molar-refractivity contribution in [2.75, 3.05) is 10.6 Å². The number of pyridine rings is 1. The van der Waals surface area contributed by atoms with Gasteiger partial charge < -0.3 is 10.6 Å². The molecule has 0 amide bonds. The molecule has 2 aromatic heterocycles. The highest BCUT2D eigenvalue weighted by Crippen LogP contribution is 2.29. The summed E-state index contributed by atoms with van der Waals surface area (Å²) in [4.78, 5) is 13.3. The monoisotopic (exact) mass is 337 g/mol. The fraction of sp³-hybridized carbons (Fsp3) is 0.167. The van der Waals surface area contributed by atoms with Crippen LogP contribution < -0.4 is 10.6 Å². The summed E-state index contributed by atoms with van der Waals surface area (Å²) in [5, 5.41) is 7.27. The lowest BCUT2D eigenvalue weighted by Gasteiger charge is -2.12. The van der Waals surface area contributed by atoms with Crippen LogP contribution in [0.5, 0.6) is 0 Å². The van der Waals surface area contributed by atoms with Crippen LogP contribution in [-0.4, -0.2) is 21.0 Å². The molecule has 3 aromatic rings. The van der Waals surface area contributed by atoms with Gasteiger partial charge in [-0.3, -0.25) is 4.98 Å². The number of halogens is 1. The first-order valence-corrected chi connectivity index (χ1v) is 8.23. The SMILES string of the molecule is Clc1ccccc1Nc1cc(-c2cccnc2)nc(NC2CC2)n1. The largest absolute Gasteiger partial charge is 0.351 e. The Bertz CT molecular complexity index is 849. The van der Waals surface area contributed by atoms with Crippen LogP contribution in [0, 0.1) is 0 Å². The number of benzene rings is 1.